The summed E-state index contributed by atoms with van der Waals surface area (Å²) in [6.45, 7) is 1.98. The molecule has 2 heterocycles. The van der Waals surface area contributed by atoms with Crippen molar-refractivity contribution in [3.63, 3.8) is 0 Å². The molecule has 0 fully saturated rings. The predicted molar refractivity (Wildman–Crippen MR) is 96.2 cm³/mol. The maximum Gasteiger partial charge on any atom is 0.285 e. The van der Waals surface area contributed by atoms with Crippen LogP contribution in [0.1, 0.15) is 18.9 Å². The molecule has 0 aliphatic rings. The molecule has 3 rings (SSSR count). The fourth-order valence-corrected chi connectivity index (χ4v) is 3.43. The van der Waals surface area contributed by atoms with Gasteiger partial charge in [-0.2, -0.15) is 5.10 Å². The van der Waals surface area contributed by atoms with Crippen LogP contribution < -0.4 is 10.9 Å². The standard InChI is InChI=1S/C18H19N3O2S/c1-2-15(10-13-6-4-3-5-7-13)20-16(22)12-21-18(23)17-14(11-19-21)8-9-24-17/h3-9,11,15H,2,10,12H2,1H3,(H,20,22)/t15-/m1/s1. The van der Waals surface area contributed by atoms with Crippen LogP contribution in [-0.4, -0.2) is 21.7 Å². The number of fused-ring (bicyclic) bond motifs is 1. The smallest absolute Gasteiger partial charge is 0.285 e. The van der Waals surface area contributed by atoms with Crippen molar-refractivity contribution in [3.05, 3.63) is 63.9 Å². The first-order valence-corrected chi connectivity index (χ1v) is 8.82. The number of hydrogen-bond donors (Lipinski definition) is 1. The van der Waals surface area contributed by atoms with E-state index in [1.165, 1.54) is 21.6 Å². The van der Waals surface area contributed by atoms with Crippen LogP contribution in [0.2, 0.25) is 0 Å². The Labute approximate surface area is 143 Å². The molecular formula is C18H19N3O2S. The average Bonchev–Trinajstić information content (AvgIpc) is 3.07. The quantitative estimate of drug-likeness (QED) is 0.749. The van der Waals surface area contributed by atoms with E-state index in [1.54, 1.807) is 6.20 Å². The highest BCUT2D eigenvalue weighted by Crippen LogP contribution is 2.14. The number of carbonyl (C=O) groups excluding carboxylic acids is 1. The first kappa shape index (κ1) is 16.4. The first-order valence-electron chi connectivity index (χ1n) is 7.94. The van der Waals surface area contributed by atoms with Gasteiger partial charge in [0.1, 0.15) is 11.2 Å². The van der Waals surface area contributed by atoms with E-state index in [9.17, 15) is 9.59 Å². The van der Waals surface area contributed by atoms with Crippen molar-refractivity contribution in [1.82, 2.24) is 15.1 Å². The zero-order valence-electron chi connectivity index (χ0n) is 13.4. The summed E-state index contributed by atoms with van der Waals surface area (Å²) >= 11 is 1.37. The Morgan fingerprint density at radius 3 is 2.83 bits per heavy atom. The van der Waals surface area contributed by atoms with Gasteiger partial charge in [-0.25, -0.2) is 4.68 Å². The molecular weight excluding hydrogens is 322 g/mol. The van der Waals surface area contributed by atoms with Gasteiger partial charge in [0.25, 0.3) is 5.56 Å². The lowest BCUT2D eigenvalue weighted by atomic mass is 10.0. The lowest BCUT2D eigenvalue weighted by Crippen LogP contribution is -2.40. The number of nitrogens with one attached hydrogen (secondary N) is 1. The molecule has 0 bridgehead atoms. The number of benzene rings is 1. The maximum absolute atomic E-state index is 12.3. The molecule has 0 saturated heterocycles. The van der Waals surface area contributed by atoms with Gasteiger partial charge in [0, 0.05) is 11.4 Å². The largest absolute Gasteiger partial charge is 0.351 e. The molecule has 124 valence electrons. The molecule has 5 nitrogen and oxygen atoms in total. The lowest BCUT2D eigenvalue weighted by molar-refractivity contribution is -0.122. The minimum atomic E-state index is -0.214. The van der Waals surface area contributed by atoms with Crippen LogP contribution in [0.15, 0.2) is 52.8 Å². The van der Waals surface area contributed by atoms with Crippen molar-refractivity contribution in [2.75, 3.05) is 0 Å². The van der Waals surface area contributed by atoms with Crippen LogP contribution in [0.5, 0.6) is 0 Å². The molecule has 2 aromatic heterocycles. The highest BCUT2D eigenvalue weighted by atomic mass is 32.1. The van der Waals surface area contributed by atoms with Crippen LogP contribution in [-0.2, 0) is 17.8 Å². The van der Waals surface area contributed by atoms with Crippen molar-refractivity contribution in [1.29, 1.82) is 0 Å². The third kappa shape index (κ3) is 3.71. The Morgan fingerprint density at radius 1 is 1.29 bits per heavy atom. The summed E-state index contributed by atoms with van der Waals surface area (Å²) in [4.78, 5) is 24.6. The van der Waals surface area contributed by atoms with Gasteiger partial charge in [-0.05, 0) is 29.9 Å². The van der Waals surface area contributed by atoms with Crippen molar-refractivity contribution < 1.29 is 4.79 Å². The number of nitrogens with zero attached hydrogens (tertiary/aromatic N) is 2. The molecule has 0 unspecified atom stereocenters. The third-order valence-corrected chi connectivity index (χ3v) is 4.85. The number of amides is 1. The second-order valence-corrected chi connectivity index (χ2v) is 6.59. The molecule has 0 radical (unpaired) electrons. The minimum Gasteiger partial charge on any atom is -0.351 e. The molecule has 1 amide bonds. The number of rotatable bonds is 6. The lowest BCUT2D eigenvalue weighted by Gasteiger charge is -2.17. The molecule has 3 aromatic rings. The molecule has 0 aliphatic carbocycles. The van der Waals surface area contributed by atoms with Gasteiger partial charge < -0.3 is 5.32 Å². The van der Waals surface area contributed by atoms with Crippen molar-refractivity contribution >= 4 is 27.3 Å². The average molecular weight is 341 g/mol. The van der Waals surface area contributed by atoms with E-state index < -0.39 is 0 Å². The molecule has 0 aliphatic heterocycles. The molecule has 24 heavy (non-hydrogen) atoms. The fourth-order valence-electron chi connectivity index (χ4n) is 2.61. The van der Waals surface area contributed by atoms with Crippen molar-refractivity contribution in [3.8, 4) is 0 Å². The summed E-state index contributed by atoms with van der Waals surface area (Å²) in [7, 11) is 0. The van der Waals surface area contributed by atoms with Crippen LogP contribution in [0.25, 0.3) is 10.1 Å². The monoisotopic (exact) mass is 341 g/mol. The van der Waals surface area contributed by atoms with E-state index in [0.717, 1.165) is 18.2 Å². The van der Waals surface area contributed by atoms with E-state index in [2.05, 4.69) is 10.4 Å². The van der Waals surface area contributed by atoms with Crippen molar-refractivity contribution in [2.24, 2.45) is 0 Å². The Hall–Kier alpha value is -2.47. The fraction of sp³-hybridized carbons (Fsp3) is 0.278. The number of aromatic nitrogens is 2. The van der Waals surface area contributed by atoms with E-state index in [-0.39, 0.29) is 24.1 Å². The normalized spacial score (nSPS) is 12.2. The van der Waals surface area contributed by atoms with Gasteiger partial charge in [-0.1, -0.05) is 37.3 Å². The van der Waals surface area contributed by atoms with Crippen molar-refractivity contribution in [2.45, 2.75) is 32.4 Å². The van der Waals surface area contributed by atoms with Crippen LogP contribution in [0.3, 0.4) is 0 Å². The van der Waals surface area contributed by atoms with Gasteiger partial charge in [-0.3, -0.25) is 9.59 Å². The topological polar surface area (TPSA) is 64.0 Å². The summed E-state index contributed by atoms with van der Waals surface area (Å²) in [6, 6.07) is 11.9. The summed E-state index contributed by atoms with van der Waals surface area (Å²) < 4.78 is 1.86. The minimum absolute atomic E-state index is 0.0427. The van der Waals surface area contributed by atoms with E-state index in [0.29, 0.717) is 4.70 Å². The Balaban J connectivity index is 1.67. The summed E-state index contributed by atoms with van der Waals surface area (Å²) in [5.74, 6) is -0.191. The molecule has 0 saturated carbocycles. The second kappa shape index (κ2) is 7.40. The molecule has 6 heteroatoms. The van der Waals surface area contributed by atoms with Gasteiger partial charge in [0.15, 0.2) is 0 Å². The molecule has 1 aromatic carbocycles. The Kier molecular flexibility index (Phi) is 5.05. The highest BCUT2D eigenvalue weighted by Gasteiger charge is 2.14. The Bertz CT molecular complexity index is 886. The summed E-state index contributed by atoms with van der Waals surface area (Å²) in [6.07, 6.45) is 3.23. The highest BCUT2D eigenvalue weighted by molar-refractivity contribution is 7.17. The summed E-state index contributed by atoms with van der Waals surface area (Å²) in [5.41, 5.74) is 0.966. The molecule has 1 atom stereocenters. The van der Waals surface area contributed by atoms with Gasteiger partial charge in [-0.15, -0.1) is 11.3 Å². The van der Waals surface area contributed by atoms with Crippen LogP contribution in [0, 0.1) is 0 Å². The zero-order valence-corrected chi connectivity index (χ0v) is 14.3. The van der Waals surface area contributed by atoms with Crippen LogP contribution in [0.4, 0.5) is 0 Å². The third-order valence-electron chi connectivity index (χ3n) is 3.94. The zero-order chi connectivity index (χ0) is 16.9. The molecule has 0 spiro atoms. The van der Waals surface area contributed by atoms with Gasteiger partial charge in [0.05, 0.1) is 6.20 Å². The van der Waals surface area contributed by atoms with E-state index in [1.807, 2.05) is 48.7 Å². The van der Waals surface area contributed by atoms with Crippen LogP contribution >= 0.6 is 11.3 Å². The molecule has 1 N–H and O–H groups in total. The second-order valence-electron chi connectivity index (χ2n) is 5.67. The SMILES string of the molecule is CC[C@H](Cc1ccccc1)NC(=O)Cn1ncc2ccsc2c1=O. The number of carbonyl (C=O) groups is 1. The van der Waals surface area contributed by atoms with E-state index >= 15 is 0 Å². The first-order chi connectivity index (χ1) is 11.7. The van der Waals surface area contributed by atoms with Gasteiger partial charge in [0.2, 0.25) is 5.91 Å². The number of thiophene rings is 1. The predicted octanol–water partition coefficient (Wildman–Crippen LogP) is 2.60. The Morgan fingerprint density at radius 2 is 2.08 bits per heavy atom. The maximum atomic E-state index is 12.3. The van der Waals surface area contributed by atoms with Gasteiger partial charge >= 0.3 is 0 Å². The number of hydrogen-bond acceptors (Lipinski definition) is 4. The van der Waals surface area contributed by atoms with E-state index in [4.69, 9.17) is 0 Å². The summed E-state index contributed by atoms with van der Waals surface area (Å²) in [5, 5.41) is 9.75.